The second-order valence-electron chi connectivity index (χ2n) is 9.72. The Morgan fingerprint density at radius 2 is 1.31 bits per heavy atom. The van der Waals surface area contributed by atoms with Crippen molar-refractivity contribution >= 4 is 64.9 Å². The van der Waals surface area contributed by atoms with Crippen LogP contribution >= 0.6 is 0 Å². The van der Waals surface area contributed by atoms with E-state index in [0.29, 0.717) is 0 Å². The summed E-state index contributed by atoms with van der Waals surface area (Å²) in [6.07, 6.45) is 0. The van der Waals surface area contributed by atoms with E-state index in [1.54, 1.807) is 7.11 Å². The lowest BCUT2D eigenvalue weighted by Crippen LogP contribution is -1.94. The normalized spacial score (nSPS) is 12.2. The maximum absolute atomic E-state index is 5.68. The zero-order valence-electron chi connectivity index (χ0n) is 20.2. The number of hydrogen-bond donors (Lipinski definition) is 0. The second-order valence-corrected chi connectivity index (χ2v) is 9.72. The highest BCUT2D eigenvalue weighted by atomic mass is 16.5. The Labute approximate surface area is 208 Å². The minimum Gasteiger partial charge on any atom is -0.497 e. The van der Waals surface area contributed by atoms with E-state index >= 15 is 0 Å². The lowest BCUT2D eigenvalue weighted by Gasteiger charge is -2.20. The molecule has 2 nitrogen and oxygen atoms in total. The smallest absolute Gasteiger partial charge is 0.119 e. The van der Waals surface area contributed by atoms with Gasteiger partial charge in [-0.25, -0.2) is 0 Å². The van der Waals surface area contributed by atoms with Crippen LogP contribution in [0.4, 0.5) is 0 Å². The molecule has 1 aromatic heterocycles. The topological polar surface area (TPSA) is 14.2 Å². The fraction of sp³-hybridized carbons (Fsp3) is 0.0588. The monoisotopic (exact) mass is 461 g/mol. The fourth-order valence-corrected chi connectivity index (χ4v) is 6.53. The summed E-state index contributed by atoms with van der Waals surface area (Å²) in [5, 5.41) is 13.0. The summed E-state index contributed by atoms with van der Waals surface area (Å²) in [7, 11) is 3.95. The number of ether oxygens (including phenoxy) is 1. The van der Waals surface area contributed by atoms with Crippen LogP contribution in [-0.2, 0) is 7.05 Å². The molecule has 0 atom stereocenters. The summed E-state index contributed by atoms with van der Waals surface area (Å²) in [6, 6.07) is 37.5. The van der Waals surface area contributed by atoms with Gasteiger partial charge in [0.1, 0.15) is 5.75 Å². The number of benzene rings is 7. The number of rotatable bonds is 2. The van der Waals surface area contributed by atoms with E-state index < -0.39 is 0 Å². The van der Waals surface area contributed by atoms with E-state index in [-0.39, 0.29) is 0 Å². The number of methoxy groups -OCH3 is 1. The molecule has 7 aromatic carbocycles. The molecule has 0 aliphatic carbocycles. The van der Waals surface area contributed by atoms with Crippen LogP contribution in [0.15, 0.2) is 103 Å². The number of nitrogens with zero attached hydrogens (tertiary/aromatic N) is 1. The van der Waals surface area contributed by atoms with E-state index in [4.69, 9.17) is 4.74 Å². The number of aryl methyl sites for hydroxylation is 1. The molecule has 0 aliphatic heterocycles. The van der Waals surface area contributed by atoms with Crippen molar-refractivity contribution in [1.82, 2.24) is 4.57 Å². The molecule has 2 heteroatoms. The molecule has 36 heavy (non-hydrogen) atoms. The zero-order valence-corrected chi connectivity index (χ0v) is 20.2. The van der Waals surface area contributed by atoms with E-state index in [1.165, 1.54) is 76.0 Å². The Bertz CT molecular complexity index is 2130. The molecule has 0 N–H and O–H groups in total. The predicted octanol–water partition coefficient (Wildman–Crippen LogP) is 9.06. The van der Waals surface area contributed by atoms with Gasteiger partial charge in [-0.2, -0.15) is 0 Å². The van der Waals surface area contributed by atoms with Crippen molar-refractivity contribution < 1.29 is 4.74 Å². The van der Waals surface area contributed by atoms with Crippen molar-refractivity contribution in [3.05, 3.63) is 103 Å². The first-order valence-electron chi connectivity index (χ1n) is 12.4. The second kappa shape index (κ2) is 6.99. The molecular weight excluding hydrogens is 438 g/mol. The third kappa shape index (κ3) is 2.36. The van der Waals surface area contributed by atoms with Crippen molar-refractivity contribution in [3.8, 4) is 16.9 Å². The molecule has 8 aromatic rings. The van der Waals surface area contributed by atoms with Gasteiger partial charge < -0.3 is 9.30 Å². The zero-order chi connectivity index (χ0) is 24.0. The summed E-state index contributed by atoms with van der Waals surface area (Å²) in [6.45, 7) is 0. The lowest BCUT2D eigenvalue weighted by atomic mass is 9.83. The van der Waals surface area contributed by atoms with Crippen LogP contribution in [-0.4, -0.2) is 11.7 Å². The Kier molecular flexibility index (Phi) is 3.83. The maximum Gasteiger partial charge on any atom is 0.119 e. The molecule has 0 saturated carbocycles. The summed E-state index contributed by atoms with van der Waals surface area (Å²) in [5.74, 6) is 0.883. The van der Waals surface area contributed by atoms with Crippen molar-refractivity contribution in [2.75, 3.05) is 7.11 Å². The molecule has 0 radical (unpaired) electrons. The average molecular weight is 462 g/mol. The van der Waals surface area contributed by atoms with E-state index in [0.717, 1.165) is 5.75 Å². The van der Waals surface area contributed by atoms with Gasteiger partial charge in [0.05, 0.1) is 12.6 Å². The van der Waals surface area contributed by atoms with Crippen molar-refractivity contribution in [2.24, 2.45) is 7.05 Å². The van der Waals surface area contributed by atoms with Gasteiger partial charge in [0.25, 0.3) is 0 Å². The SMILES string of the molecule is COc1ccc2c(c1)c1cccc3ccc4c(c2c(-c2ccccc2)c2c5ccccc5n(C)c42)c31. The molecule has 0 amide bonds. The Morgan fingerprint density at radius 3 is 2.17 bits per heavy atom. The van der Waals surface area contributed by atoms with Gasteiger partial charge in [0.15, 0.2) is 0 Å². The molecule has 0 fully saturated rings. The largest absolute Gasteiger partial charge is 0.497 e. The Balaban J connectivity index is 1.82. The average Bonchev–Trinajstić information content (AvgIpc) is 3.24. The van der Waals surface area contributed by atoms with E-state index in [9.17, 15) is 0 Å². The predicted molar refractivity (Wildman–Crippen MR) is 154 cm³/mol. The Hall–Kier alpha value is -4.56. The first kappa shape index (κ1) is 19.7. The summed E-state index contributed by atoms with van der Waals surface area (Å²) < 4.78 is 8.06. The molecule has 0 bridgehead atoms. The highest BCUT2D eigenvalue weighted by Gasteiger charge is 2.24. The van der Waals surface area contributed by atoms with Crippen LogP contribution in [0.3, 0.4) is 0 Å². The van der Waals surface area contributed by atoms with Gasteiger partial charge in [0.2, 0.25) is 0 Å². The van der Waals surface area contributed by atoms with Crippen LogP contribution < -0.4 is 4.74 Å². The highest BCUT2D eigenvalue weighted by molar-refractivity contribution is 6.42. The number of fused-ring (bicyclic) bond motifs is 7. The number of hydrogen-bond acceptors (Lipinski definition) is 1. The standard InChI is InChI=1S/C34H23NO/c1-35-28-14-7-6-12-25(28)33-30(20-9-4-3-5-10-20)31-24-18-16-22(36-2)19-27(24)23-13-8-11-21-15-17-26(34(33)35)32(31)29(21)23/h3-19H,1-2H3. The van der Waals surface area contributed by atoms with Crippen molar-refractivity contribution in [1.29, 1.82) is 0 Å². The minimum absolute atomic E-state index is 0.883. The van der Waals surface area contributed by atoms with Gasteiger partial charge in [-0.05, 0) is 56.1 Å². The lowest BCUT2D eigenvalue weighted by molar-refractivity contribution is 0.415. The molecular formula is C34H23NO. The first-order valence-corrected chi connectivity index (χ1v) is 12.4. The van der Waals surface area contributed by atoms with Crippen molar-refractivity contribution in [2.45, 2.75) is 0 Å². The molecule has 0 saturated heterocycles. The van der Waals surface area contributed by atoms with Gasteiger partial charge in [0, 0.05) is 39.7 Å². The van der Waals surface area contributed by atoms with E-state index in [1.807, 2.05) is 0 Å². The van der Waals surface area contributed by atoms with Gasteiger partial charge in [-0.15, -0.1) is 0 Å². The molecule has 8 rings (SSSR count). The van der Waals surface area contributed by atoms with Crippen LogP contribution in [0.25, 0.3) is 76.0 Å². The molecule has 0 spiro atoms. The molecule has 1 heterocycles. The molecule has 170 valence electrons. The van der Waals surface area contributed by atoms with Crippen LogP contribution in [0.2, 0.25) is 0 Å². The quantitative estimate of drug-likeness (QED) is 0.185. The number of aromatic nitrogens is 1. The fourth-order valence-electron chi connectivity index (χ4n) is 6.53. The third-order valence-corrected chi connectivity index (χ3v) is 8.01. The first-order chi connectivity index (χ1) is 17.8. The Morgan fingerprint density at radius 1 is 0.556 bits per heavy atom. The van der Waals surface area contributed by atoms with Crippen molar-refractivity contribution in [3.63, 3.8) is 0 Å². The van der Waals surface area contributed by atoms with Crippen LogP contribution in [0.1, 0.15) is 0 Å². The van der Waals surface area contributed by atoms with E-state index in [2.05, 4.69) is 115 Å². The van der Waals surface area contributed by atoms with Crippen LogP contribution in [0, 0.1) is 0 Å². The molecule has 0 aliphatic rings. The molecule has 0 unspecified atom stereocenters. The maximum atomic E-state index is 5.68. The van der Waals surface area contributed by atoms with Crippen LogP contribution in [0.5, 0.6) is 5.75 Å². The van der Waals surface area contributed by atoms with Gasteiger partial charge in [-0.3, -0.25) is 0 Å². The highest BCUT2D eigenvalue weighted by Crippen LogP contribution is 2.50. The minimum atomic E-state index is 0.883. The summed E-state index contributed by atoms with van der Waals surface area (Å²) in [4.78, 5) is 0. The van der Waals surface area contributed by atoms with Gasteiger partial charge in [-0.1, -0.05) is 84.9 Å². The van der Waals surface area contributed by atoms with Gasteiger partial charge >= 0.3 is 0 Å². The third-order valence-electron chi connectivity index (χ3n) is 8.01. The summed E-state index contributed by atoms with van der Waals surface area (Å²) >= 11 is 0. The number of para-hydroxylation sites is 1. The summed E-state index contributed by atoms with van der Waals surface area (Å²) in [5.41, 5.74) is 5.10.